The summed E-state index contributed by atoms with van der Waals surface area (Å²) < 4.78 is 4.95. The fourth-order valence-corrected chi connectivity index (χ4v) is 3.24. The molecule has 1 rings (SSSR count). The Kier molecular flexibility index (Phi) is 19.9. The molecule has 0 amide bonds. The molecule has 0 aliphatic carbocycles. The standard InChI is InChI=1S/C18H34O2.C11H12O2/c1-3-4-5-6-7-8-9-10-11-12-13-14-15-16-17(2)18(19)20;1-9(2)11(12)13-8-10-6-4-3-5-7-10/h16H,3-15H2,1-2H3,(H,19,20);3-7H,1,8H2,2H3. The molecule has 0 bridgehead atoms. The molecule has 186 valence electrons. The number of aliphatic carboxylic acids is 1. The van der Waals surface area contributed by atoms with Crippen LogP contribution >= 0.6 is 0 Å². The van der Waals surface area contributed by atoms with E-state index in [0.29, 0.717) is 17.8 Å². The lowest BCUT2D eigenvalue weighted by atomic mass is 10.0. The van der Waals surface area contributed by atoms with Gasteiger partial charge in [-0.1, -0.05) is 121 Å². The molecular formula is C29H46O4. The summed E-state index contributed by atoms with van der Waals surface area (Å²) in [7, 11) is 0. The second-order valence-electron chi connectivity index (χ2n) is 8.71. The van der Waals surface area contributed by atoms with Crippen LogP contribution in [0.15, 0.2) is 54.1 Å². The van der Waals surface area contributed by atoms with Gasteiger partial charge in [0.15, 0.2) is 0 Å². The highest BCUT2D eigenvalue weighted by atomic mass is 16.5. The predicted molar refractivity (Wildman–Crippen MR) is 138 cm³/mol. The smallest absolute Gasteiger partial charge is 0.333 e. The summed E-state index contributed by atoms with van der Waals surface area (Å²) in [6.07, 6.45) is 18.9. The third kappa shape index (κ3) is 20.0. The molecule has 0 atom stereocenters. The average Bonchev–Trinajstić information content (AvgIpc) is 2.81. The van der Waals surface area contributed by atoms with Crippen LogP contribution in [0.1, 0.15) is 110 Å². The Hall–Kier alpha value is -2.36. The normalized spacial score (nSPS) is 10.8. The zero-order chi connectivity index (χ0) is 24.7. The molecule has 4 nitrogen and oxygen atoms in total. The van der Waals surface area contributed by atoms with Gasteiger partial charge in [-0.3, -0.25) is 0 Å². The van der Waals surface area contributed by atoms with Crippen LogP contribution in [-0.2, 0) is 20.9 Å². The van der Waals surface area contributed by atoms with Gasteiger partial charge in [-0.05, 0) is 32.3 Å². The van der Waals surface area contributed by atoms with E-state index in [4.69, 9.17) is 9.84 Å². The third-order valence-electron chi connectivity index (χ3n) is 5.41. The number of carboxylic acid groups (broad SMARTS) is 1. The Labute approximate surface area is 202 Å². The molecule has 0 radical (unpaired) electrons. The lowest BCUT2D eigenvalue weighted by molar-refractivity contribution is -0.140. The number of carbonyl (C=O) groups excluding carboxylic acids is 1. The van der Waals surface area contributed by atoms with Crippen molar-refractivity contribution in [2.24, 2.45) is 0 Å². The average molecular weight is 459 g/mol. The van der Waals surface area contributed by atoms with Crippen molar-refractivity contribution >= 4 is 11.9 Å². The number of hydrogen-bond acceptors (Lipinski definition) is 3. The number of carbonyl (C=O) groups is 2. The molecule has 0 aliphatic heterocycles. The van der Waals surface area contributed by atoms with Gasteiger partial charge in [-0.25, -0.2) is 9.59 Å². The first kappa shape index (κ1) is 30.6. The van der Waals surface area contributed by atoms with E-state index in [1.165, 1.54) is 70.6 Å². The maximum absolute atomic E-state index is 11.0. The highest BCUT2D eigenvalue weighted by molar-refractivity contribution is 5.87. The quantitative estimate of drug-likeness (QED) is 0.144. The van der Waals surface area contributed by atoms with Gasteiger partial charge in [0.25, 0.3) is 0 Å². The van der Waals surface area contributed by atoms with Crippen LogP contribution in [0.25, 0.3) is 0 Å². The number of carboxylic acids is 1. The van der Waals surface area contributed by atoms with Crippen LogP contribution in [0.4, 0.5) is 0 Å². The first-order chi connectivity index (χ1) is 15.9. The van der Waals surface area contributed by atoms with Crippen LogP contribution in [0.3, 0.4) is 0 Å². The molecule has 1 N–H and O–H groups in total. The zero-order valence-electron chi connectivity index (χ0n) is 21.2. The number of esters is 1. The Bertz CT molecular complexity index is 676. The van der Waals surface area contributed by atoms with E-state index >= 15 is 0 Å². The Balaban J connectivity index is 0.000000676. The molecule has 0 saturated heterocycles. The molecular weight excluding hydrogens is 412 g/mol. The molecule has 0 heterocycles. The summed E-state index contributed by atoms with van der Waals surface area (Å²) in [5, 5.41) is 8.70. The summed E-state index contributed by atoms with van der Waals surface area (Å²) in [6.45, 7) is 9.37. The number of allylic oxidation sites excluding steroid dienone is 1. The van der Waals surface area contributed by atoms with E-state index in [9.17, 15) is 9.59 Å². The van der Waals surface area contributed by atoms with Crippen LogP contribution in [0, 0.1) is 0 Å². The molecule has 0 spiro atoms. The highest BCUT2D eigenvalue weighted by Gasteiger charge is 2.02. The van der Waals surface area contributed by atoms with Gasteiger partial charge in [0.2, 0.25) is 0 Å². The van der Waals surface area contributed by atoms with Crippen molar-refractivity contribution in [3.05, 3.63) is 59.7 Å². The van der Waals surface area contributed by atoms with Gasteiger partial charge in [0.05, 0.1) is 0 Å². The molecule has 1 aromatic carbocycles. The molecule has 33 heavy (non-hydrogen) atoms. The van der Waals surface area contributed by atoms with Gasteiger partial charge in [-0.15, -0.1) is 0 Å². The van der Waals surface area contributed by atoms with Crippen LogP contribution < -0.4 is 0 Å². The molecule has 0 unspecified atom stereocenters. The van der Waals surface area contributed by atoms with E-state index in [1.807, 2.05) is 36.4 Å². The fraction of sp³-hybridized carbons (Fsp3) is 0.586. The van der Waals surface area contributed by atoms with Gasteiger partial charge >= 0.3 is 11.9 Å². The number of rotatable bonds is 17. The fourth-order valence-electron chi connectivity index (χ4n) is 3.24. The maximum Gasteiger partial charge on any atom is 0.333 e. The molecule has 0 aromatic heterocycles. The van der Waals surface area contributed by atoms with Crippen LogP contribution in [-0.4, -0.2) is 17.0 Å². The number of hydrogen-bond donors (Lipinski definition) is 1. The highest BCUT2D eigenvalue weighted by Crippen LogP contribution is 2.13. The monoisotopic (exact) mass is 458 g/mol. The predicted octanol–water partition coefficient (Wildman–Crippen LogP) is 8.41. The summed E-state index contributed by atoms with van der Waals surface area (Å²) >= 11 is 0. The Morgan fingerprint density at radius 3 is 1.79 bits per heavy atom. The minimum Gasteiger partial charge on any atom is -0.478 e. The second kappa shape index (κ2) is 21.5. The van der Waals surface area contributed by atoms with Crippen molar-refractivity contribution in [1.82, 2.24) is 0 Å². The topological polar surface area (TPSA) is 63.6 Å². The lowest BCUT2D eigenvalue weighted by Crippen LogP contribution is -2.04. The van der Waals surface area contributed by atoms with E-state index in [-0.39, 0.29) is 5.97 Å². The van der Waals surface area contributed by atoms with E-state index < -0.39 is 5.97 Å². The van der Waals surface area contributed by atoms with Crippen molar-refractivity contribution in [2.45, 2.75) is 111 Å². The van der Waals surface area contributed by atoms with Gasteiger partial charge in [0.1, 0.15) is 6.61 Å². The largest absolute Gasteiger partial charge is 0.478 e. The Morgan fingerprint density at radius 1 is 0.848 bits per heavy atom. The first-order valence-corrected chi connectivity index (χ1v) is 12.6. The van der Waals surface area contributed by atoms with Crippen molar-refractivity contribution in [1.29, 1.82) is 0 Å². The maximum atomic E-state index is 11.0. The van der Waals surface area contributed by atoms with Crippen molar-refractivity contribution < 1.29 is 19.4 Å². The van der Waals surface area contributed by atoms with E-state index in [0.717, 1.165) is 18.4 Å². The molecule has 0 saturated carbocycles. The summed E-state index contributed by atoms with van der Waals surface area (Å²) in [5.41, 5.74) is 1.89. The van der Waals surface area contributed by atoms with Gasteiger partial charge in [0, 0.05) is 11.1 Å². The van der Waals surface area contributed by atoms with E-state index in [1.54, 1.807) is 13.8 Å². The third-order valence-corrected chi connectivity index (χ3v) is 5.41. The van der Waals surface area contributed by atoms with Gasteiger partial charge in [-0.2, -0.15) is 0 Å². The number of benzene rings is 1. The van der Waals surface area contributed by atoms with Crippen LogP contribution in [0.5, 0.6) is 0 Å². The SMILES string of the molecule is C=C(C)C(=O)OCc1ccccc1.CCCCCCCCCCCCCCC=C(C)C(=O)O. The van der Waals surface area contributed by atoms with Crippen molar-refractivity contribution in [3.63, 3.8) is 0 Å². The van der Waals surface area contributed by atoms with Crippen molar-refractivity contribution in [2.75, 3.05) is 0 Å². The van der Waals surface area contributed by atoms with Crippen LogP contribution in [0.2, 0.25) is 0 Å². The first-order valence-electron chi connectivity index (χ1n) is 12.6. The minimum atomic E-state index is -0.788. The lowest BCUT2D eigenvalue weighted by Gasteiger charge is -2.03. The number of ether oxygens (including phenoxy) is 1. The second-order valence-corrected chi connectivity index (χ2v) is 8.71. The van der Waals surface area contributed by atoms with E-state index in [2.05, 4.69) is 13.5 Å². The summed E-state index contributed by atoms with van der Waals surface area (Å²) in [4.78, 5) is 21.6. The molecule has 1 aromatic rings. The summed E-state index contributed by atoms with van der Waals surface area (Å²) in [6, 6.07) is 9.55. The molecule has 0 fully saturated rings. The number of unbranched alkanes of at least 4 members (excludes halogenated alkanes) is 12. The zero-order valence-corrected chi connectivity index (χ0v) is 21.2. The van der Waals surface area contributed by atoms with Gasteiger partial charge < -0.3 is 9.84 Å². The Morgan fingerprint density at radius 2 is 1.33 bits per heavy atom. The molecule has 4 heteroatoms. The van der Waals surface area contributed by atoms with Crippen molar-refractivity contribution in [3.8, 4) is 0 Å². The minimum absolute atomic E-state index is 0.312. The molecule has 0 aliphatic rings. The summed E-state index contributed by atoms with van der Waals surface area (Å²) in [5.74, 6) is -1.13.